The van der Waals surface area contributed by atoms with Crippen molar-refractivity contribution in [3.63, 3.8) is 0 Å². The van der Waals surface area contributed by atoms with Crippen molar-refractivity contribution < 1.29 is 18.3 Å². The first-order valence-corrected chi connectivity index (χ1v) is 8.61. The average Bonchev–Trinajstić information content (AvgIpc) is 2.81. The summed E-state index contributed by atoms with van der Waals surface area (Å²) >= 11 is 0. The number of nitrogens with zero attached hydrogens (tertiary/aromatic N) is 1. The van der Waals surface area contributed by atoms with Crippen molar-refractivity contribution in [2.45, 2.75) is 5.92 Å². The molecule has 1 heterocycles. The molecule has 0 saturated carbocycles. The van der Waals surface area contributed by atoms with Gasteiger partial charge in [0.25, 0.3) is 0 Å². The third-order valence-electron chi connectivity index (χ3n) is 3.72. The predicted molar refractivity (Wildman–Crippen MR) is 76.5 cm³/mol. The summed E-state index contributed by atoms with van der Waals surface area (Å²) in [4.78, 5) is 13.3. The maximum atomic E-state index is 11.4. The first-order chi connectivity index (χ1) is 9.37. The van der Waals surface area contributed by atoms with Gasteiger partial charge in [-0.15, -0.1) is 0 Å². The molecule has 2 atom stereocenters. The Morgan fingerprint density at radius 1 is 1.30 bits per heavy atom. The van der Waals surface area contributed by atoms with Gasteiger partial charge in [-0.2, -0.15) is 0 Å². The molecule has 1 aliphatic heterocycles. The summed E-state index contributed by atoms with van der Waals surface area (Å²) in [5.41, 5.74) is 1.00. The maximum absolute atomic E-state index is 11.4. The van der Waals surface area contributed by atoms with Crippen molar-refractivity contribution in [1.82, 2.24) is 4.90 Å². The number of aliphatic carboxylic acids is 1. The van der Waals surface area contributed by atoms with Gasteiger partial charge in [0.05, 0.1) is 11.7 Å². The number of rotatable bonds is 5. The molecule has 0 aromatic heterocycles. The molecule has 0 spiro atoms. The minimum Gasteiger partial charge on any atom is -0.481 e. The van der Waals surface area contributed by atoms with Crippen LogP contribution in [0.5, 0.6) is 0 Å². The van der Waals surface area contributed by atoms with E-state index < -0.39 is 21.7 Å². The van der Waals surface area contributed by atoms with Crippen molar-refractivity contribution in [3.8, 4) is 0 Å². The number of hydrogen-bond acceptors (Lipinski definition) is 4. The highest BCUT2D eigenvalue weighted by atomic mass is 32.2. The molecule has 1 aromatic carbocycles. The molecular weight excluding hydrogens is 278 g/mol. The van der Waals surface area contributed by atoms with Crippen molar-refractivity contribution >= 4 is 15.8 Å². The van der Waals surface area contributed by atoms with Crippen LogP contribution < -0.4 is 0 Å². The van der Waals surface area contributed by atoms with Gasteiger partial charge in [-0.05, 0) is 5.56 Å². The van der Waals surface area contributed by atoms with E-state index in [9.17, 15) is 18.3 Å². The Hall–Kier alpha value is -1.40. The molecule has 5 nitrogen and oxygen atoms in total. The number of carboxylic acid groups (broad SMARTS) is 1. The third-order valence-corrected chi connectivity index (χ3v) is 4.64. The second-order valence-corrected chi connectivity index (χ2v) is 7.61. The van der Waals surface area contributed by atoms with Crippen LogP contribution in [0.4, 0.5) is 0 Å². The van der Waals surface area contributed by atoms with Crippen molar-refractivity contribution in [3.05, 3.63) is 35.9 Å². The molecular formula is C14H19NO4S. The summed E-state index contributed by atoms with van der Waals surface area (Å²) in [5, 5.41) is 9.35. The second kappa shape index (κ2) is 5.93. The Bertz CT molecular complexity index is 570. The Morgan fingerprint density at radius 3 is 2.50 bits per heavy atom. The van der Waals surface area contributed by atoms with Crippen LogP contribution in [-0.4, -0.2) is 56.0 Å². The van der Waals surface area contributed by atoms with Crippen LogP contribution in [0.15, 0.2) is 30.3 Å². The van der Waals surface area contributed by atoms with E-state index in [1.807, 2.05) is 35.2 Å². The van der Waals surface area contributed by atoms with Crippen molar-refractivity contribution in [1.29, 1.82) is 0 Å². The van der Waals surface area contributed by atoms with Crippen LogP contribution >= 0.6 is 0 Å². The molecule has 1 N–H and O–H groups in total. The van der Waals surface area contributed by atoms with E-state index in [-0.39, 0.29) is 11.7 Å². The lowest BCUT2D eigenvalue weighted by molar-refractivity contribution is -0.141. The molecule has 6 heteroatoms. The number of hydrogen-bond donors (Lipinski definition) is 1. The minimum atomic E-state index is -3.02. The highest BCUT2D eigenvalue weighted by molar-refractivity contribution is 7.90. The molecule has 0 radical (unpaired) electrons. The van der Waals surface area contributed by atoms with Crippen LogP contribution in [0.25, 0.3) is 0 Å². The molecule has 1 saturated heterocycles. The summed E-state index contributed by atoms with van der Waals surface area (Å²) in [6.45, 7) is 1.40. The first-order valence-electron chi connectivity index (χ1n) is 6.54. The summed E-state index contributed by atoms with van der Waals surface area (Å²) in [6.07, 6.45) is 1.20. The zero-order chi connectivity index (χ0) is 14.8. The van der Waals surface area contributed by atoms with Gasteiger partial charge >= 0.3 is 5.97 Å². The van der Waals surface area contributed by atoms with Gasteiger partial charge in [-0.1, -0.05) is 30.3 Å². The molecule has 20 heavy (non-hydrogen) atoms. The summed E-state index contributed by atoms with van der Waals surface area (Å²) in [6, 6.07) is 9.55. The SMILES string of the molecule is CS(=O)(=O)CCN1C[C@@H](C(=O)O)[C@H](c2ccccc2)C1. The first kappa shape index (κ1) is 15.0. The predicted octanol–water partition coefficient (Wildman–Crippen LogP) is 0.831. The van der Waals surface area contributed by atoms with E-state index in [4.69, 9.17) is 0 Å². The van der Waals surface area contributed by atoms with Crippen LogP contribution in [0, 0.1) is 5.92 Å². The number of benzene rings is 1. The molecule has 1 aliphatic rings. The summed E-state index contributed by atoms with van der Waals surface area (Å²) in [7, 11) is -3.02. The van der Waals surface area contributed by atoms with Gasteiger partial charge in [0.2, 0.25) is 0 Å². The second-order valence-electron chi connectivity index (χ2n) is 5.35. The zero-order valence-electron chi connectivity index (χ0n) is 11.4. The van der Waals surface area contributed by atoms with E-state index in [0.29, 0.717) is 19.6 Å². The Labute approximate surface area is 119 Å². The van der Waals surface area contributed by atoms with Gasteiger partial charge in [0.15, 0.2) is 0 Å². The molecule has 2 rings (SSSR count). The van der Waals surface area contributed by atoms with E-state index >= 15 is 0 Å². The Morgan fingerprint density at radius 2 is 1.95 bits per heavy atom. The smallest absolute Gasteiger partial charge is 0.308 e. The lowest BCUT2D eigenvalue weighted by atomic mass is 9.89. The van der Waals surface area contributed by atoms with Gasteiger partial charge in [-0.25, -0.2) is 8.42 Å². The third kappa shape index (κ3) is 3.80. The quantitative estimate of drug-likeness (QED) is 0.871. The Balaban J connectivity index is 2.10. The van der Waals surface area contributed by atoms with E-state index in [2.05, 4.69) is 0 Å². The number of carboxylic acids is 1. The van der Waals surface area contributed by atoms with Crippen LogP contribution in [0.3, 0.4) is 0 Å². The topological polar surface area (TPSA) is 74.7 Å². The van der Waals surface area contributed by atoms with Gasteiger partial charge in [-0.3, -0.25) is 4.79 Å². The molecule has 1 fully saturated rings. The molecule has 1 aromatic rings. The van der Waals surface area contributed by atoms with E-state index in [1.165, 1.54) is 6.26 Å². The van der Waals surface area contributed by atoms with Gasteiger partial charge in [0.1, 0.15) is 9.84 Å². The maximum Gasteiger partial charge on any atom is 0.308 e. The fraction of sp³-hybridized carbons (Fsp3) is 0.500. The lowest BCUT2D eigenvalue weighted by Crippen LogP contribution is -2.28. The highest BCUT2D eigenvalue weighted by Gasteiger charge is 2.38. The van der Waals surface area contributed by atoms with Crippen LogP contribution in [0.1, 0.15) is 11.5 Å². The van der Waals surface area contributed by atoms with Gasteiger partial charge in [0, 0.05) is 31.8 Å². The summed E-state index contributed by atoms with van der Waals surface area (Å²) < 4.78 is 22.4. The summed E-state index contributed by atoms with van der Waals surface area (Å²) in [5.74, 6) is -1.30. The Kier molecular flexibility index (Phi) is 4.45. The zero-order valence-corrected chi connectivity index (χ0v) is 12.2. The fourth-order valence-corrected chi connectivity index (χ4v) is 3.24. The van der Waals surface area contributed by atoms with Gasteiger partial charge < -0.3 is 10.0 Å². The normalized spacial score (nSPS) is 23.9. The molecule has 0 amide bonds. The molecule has 0 aliphatic carbocycles. The van der Waals surface area contributed by atoms with Crippen LogP contribution in [-0.2, 0) is 14.6 Å². The average molecular weight is 297 g/mol. The standard InChI is InChI=1S/C14H19NO4S/c1-20(18,19)8-7-15-9-12(13(10-15)14(16)17)11-5-3-2-4-6-11/h2-6,12-13H,7-10H2,1H3,(H,16,17)/t12-,13+/m0/s1. The van der Waals surface area contributed by atoms with E-state index in [1.54, 1.807) is 0 Å². The van der Waals surface area contributed by atoms with E-state index in [0.717, 1.165) is 5.56 Å². The highest BCUT2D eigenvalue weighted by Crippen LogP contribution is 2.32. The van der Waals surface area contributed by atoms with Crippen LogP contribution in [0.2, 0.25) is 0 Å². The minimum absolute atomic E-state index is 0.0703. The fourth-order valence-electron chi connectivity index (χ4n) is 2.65. The lowest BCUT2D eigenvalue weighted by Gasteiger charge is -2.15. The molecule has 110 valence electrons. The monoisotopic (exact) mass is 297 g/mol. The van der Waals surface area contributed by atoms with Crippen molar-refractivity contribution in [2.24, 2.45) is 5.92 Å². The molecule has 0 unspecified atom stereocenters. The number of likely N-dealkylation sites (tertiary alicyclic amines) is 1. The number of sulfone groups is 1. The molecule has 0 bridgehead atoms. The number of carbonyl (C=O) groups is 1. The van der Waals surface area contributed by atoms with Crippen molar-refractivity contribution in [2.75, 3.05) is 31.6 Å². The largest absolute Gasteiger partial charge is 0.481 e.